The minimum atomic E-state index is -0.510. The lowest BCUT2D eigenvalue weighted by Crippen LogP contribution is -2.38. The van der Waals surface area contributed by atoms with Gasteiger partial charge in [0.1, 0.15) is 0 Å². The van der Waals surface area contributed by atoms with E-state index in [2.05, 4.69) is 6.07 Å². The summed E-state index contributed by atoms with van der Waals surface area (Å²) in [7, 11) is 0. The van der Waals surface area contributed by atoms with Crippen LogP contribution in [0.2, 0.25) is 0 Å². The first-order valence-corrected chi connectivity index (χ1v) is 7.97. The quantitative estimate of drug-likeness (QED) is 0.642. The Morgan fingerprint density at radius 2 is 1.71 bits per heavy atom. The zero-order valence-electron chi connectivity index (χ0n) is 13.4. The summed E-state index contributed by atoms with van der Waals surface area (Å²) < 4.78 is 5.05. The first-order chi connectivity index (χ1) is 11.7. The fraction of sp³-hybridized carbons (Fsp3) is 0.200. The average Bonchev–Trinajstić information content (AvgIpc) is 2.65. The molecule has 0 fully saturated rings. The number of ether oxygens (including phenoxy) is 1. The number of fused-ring (bicyclic) bond motifs is 1. The Hall–Kier alpha value is -2.88. The van der Waals surface area contributed by atoms with E-state index in [1.807, 2.05) is 48.5 Å². The second kappa shape index (κ2) is 7.59. The summed E-state index contributed by atoms with van der Waals surface area (Å²) in [6.07, 6.45) is 3.85. The van der Waals surface area contributed by atoms with Crippen LogP contribution in [0.25, 0.3) is 6.08 Å². The topological polar surface area (TPSA) is 46.6 Å². The maximum Gasteiger partial charge on any atom is 0.331 e. The van der Waals surface area contributed by atoms with E-state index in [0.717, 1.165) is 17.5 Å². The normalized spacial score (nSPS) is 13.6. The Kier molecular flexibility index (Phi) is 5.06. The number of hydrogen-bond acceptors (Lipinski definition) is 3. The van der Waals surface area contributed by atoms with Gasteiger partial charge in [-0.3, -0.25) is 4.79 Å². The van der Waals surface area contributed by atoms with E-state index in [9.17, 15) is 9.59 Å². The number of benzene rings is 2. The van der Waals surface area contributed by atoms with Crippen LogP contribution in [0, 0.1) is 0 Å². The molecule has 24 heavy (non-hydrogen) atoms. The van der Waals surface area contributed by atoms with E-state index in [0.29, 0.717) is 13.1 Å². The smallest absolute Gasteiger partial charge is 0.331 e. The van der Waals surface area contributed by atoms with Crippen LogP contribution >= 0.6 is 0 Å². The molecule has 0 aromatic heterocycles. The van der Waals surface area contributed by atoms with Crippen molar-refractivity contribution in [1.29, 1.82) is 0 Å². The van der Waals surface area contributed by atoms with Gasteiger partial charge in [0.15, 0.2) is 6.61 Å². The van der Waals surface area contributed by atoms with E-state index in [1.165, 1.54) is 11.6 Å². The first kappa shape index (κ1) is 16.0. The van der Waals surface area contributed by atoms with Crippen molar-refractivity contribution in [2.45, 2.75) is 13.0 Å². The van der Waals surface area contributed by atoms with Crippen LogP contribution < -0.4 is 0 Å². The van der Waals surface area contributed by atoms with Crippen molar-refractivity contribution >= 4 is 18.0 Å². The maximum atomic E-state index is 12.2. The van der Waals surface area contributed by atoms with E-state index in [1.54, 1.807) is 11.0 Å². The van der Waals surface area contributed by atoms with Gasteiger partial charge in [0.05, 0.1) is 0 Å². The second-order valence-electron chi connectivity index (χ2n) is 5.69. The molecular formula is C20H19NO3. The third-order valence-corrected chi connectivity index (χ3v) is 4.03. The van der Waals surface area contributed by atoms with Crippen molar-refractivity contribution < 1.29 is 14.3 Å². The molecule has 0 radical (unpaired) electrons. The first-order valence-electron chi connectivity index (χ1n) is 7.97. The van der Waals surface area contributed by atoms with Gasteiger partial charge in [-0.1, -0.05) is 54.6 Å². The molecule has 0 N–H and O–H groups in total. The number of nitrogens with zero attached hydrogens (tertiary/aromatic N) is 1. The largest absolute Gasteiger partial charge is 0.452 e. The predicted molar refractivity (Wildman–Crippen MR) is 92.0 cm³/mol. The van der Waals surface area contributed by atoms with E-state index < -0.39 is 5.97 Å². The summed E-state index contributed by atoms with van der Waals surface area (Å²) in [5, 5.41) is 0. The molecule has 0 saturated heterocycles. The molecule has 0 atom stereocenters. The lowest BCUT2D eigenvalue weighted by atomic mass is 10.00. The molecule has 2 aromatic carbocycles. The summed E-state index contributed by atoms with van der Waals surface area (Å²) in [5.74, 6) is -0.671. The van der Waals surface area contributed by atoms with Crippen LogP contribution in [0.3, 0.4) is 0 Å². The summed E-state index contributed by atoms with van der Waals surface area (Å²) in [4.78, 5) is 25.7. The summed E-state index contributed by atoms with van der Waals surface area (Å²) in [6, 6.07) is 17.6. The predicted octanol–water partition coefficient (Wildman–Crippen LogP) is 2.83. The molecule has 4 heteroatoms. The molecule has 4 nitrogen and oxygen atoms in total. The average molecular weight is 321 g/mol. The van der Waals surface area contributed by atoms with Gasteiger partial charge in [-0.25, -0.2) is 4.79 Å². The highest BCUT2D eigenvalue weighted by Gasteiger charge is 2.20. The molecule has 122 valence electrons. The molecule has 1 amide bonds. The van der Waals surface area contributed by atoms with Crippen molar-refractivity contribution in [2.75, 3.05) is 13.2 Å². The molecule has 1 aliphatic heterocycles. The van der Waals surface area contributed by atoms with Gasteiger partial charge in [0.2, 0.25) is 0 Å². The van der Waals surface area contributed by atoms with E-state index >= 15 is 0 Å². The van der Waals surface area contributed by atoms with Crippen molar-refractivity contribution in [3.8, 4) is 0 Å². The van der Waals surface area contributed by atoms with Crippen LogP contribution in [0.15, 0.2) is 60.7 Å². The summed E-state index contributed by atoms with van der Waals surface area (Å²) >= 11 is 0. The molecule has 0 aliphatic carbocycles. The van der Waals surface area contributed by atoms with Crippen molar-refractivity contribution in [2.24, 2.45) is 0 Å². The van der Waals surface area contributed by atoms with Crippen LogP contribution in [-0.4, -0.2) is 29.9 Å². The number of hydrogen-bond donors (Lipinski definition) is 0. The number of carbonyl (C=O) groups excluding carboxylic acids is 2. The highest BCUT2D eigenvalue weighted by molar-refractivity contribution is 5.89. The fourth-order valence-electron chi connectivity index (χ4n) is 2.71. The van der Waals surface area contributed by atoms with Crippen LogP contribution in [0.1, 0.15) is 16.7 Å². The van der Waals surface area contributed by atoms with Gasteiger partial charge >= 0.3 is 5.97 Å². The Labute approximate surface area is 141 Å². The minimum Gasteiger partial charge on any atom is -0.452 e. The SMILES string of the molecule is O=C(C=Cc1ccccc1)OCC(=O)N1CCc2ccccc2C1. The monoisotopic (exact) mass is 321 g/mol. The molecule has 3 rings (SSSR count). The number of esters is 1. The Bertz CT molecular complexity index is 752. The zero-order chi connectivity index (χ0) is 16.8. The van der Waals surface area contributed by atoms with Crippen LogP contribution in [0.4, 0.5) is 0 Å². The zero-order valence-corrected chi connectivity index (χ0v) is 13.4. The highest BCUT2D eigenvalue weighted by atomic mass is 16.5. The second-order valence-corrected chi connectivity index (χ2v) is 5.69. The Morgan fingerprint density at radius 1 is 1.00 bits per heavy atom. The van der Waals surface area contributed by atoms with Gasteiger partial charge in [-0.05, 0) is 29.2 Å². The molecule has 1 aliphatic rings. The number of rotatable bonds is 4. The Balaban J connectivity index is 1.49. The van der Waals surface area contributed by atoms with Gasteiger partial charge < -0.3 is 9.64 Å². The Morgan fingerprint density at radius 3 is 2.50 bits per heavy atom. The number of carbonyl (C=O) groups is 2. The molecule has 1 heterocycles. The van der Waals surface area contributed by atoms with Crippen molar-refractivity contribution in [1.82, 2.24) is 4.90 Å². The standard InChI is InChI=1S/C20H19NO3/c22-19(21-13-12-17-8-4-5-9-18(17)14-21)15-24-20(23)11-10-16-6-2-1-3-7-16/h1-11H,12-15H2. The van der Waals surface area contributed by atoms with Crippen LogP contribution in [-0.2, 0) is 27.3 Å². The van der Waals surface area contributed by atoms with Crippen molar-refractivity contribution in [3.05, 3.63) is 77.4 Å². The van der Waals surface area contributed by atoms with Crippen LogP contribution in [0.5, 0.6) is 0 Å². The molecular weight excluding hydrogens is 302 g/mol. The molecule has 2 aromatic rings. The summed E-state index contributed by atoms with van der Waals surface area (Å²) in [5.41, 5.74) is 3.35. The van der Waals surface area contributed by atoms with Gasteiger partial charge in [-0.2, -0.15) is 0 Å². The summed E-state index contributed by atoms with van der Waals surface area (Å²) in [6.45, 7) is 1.01. The van der Waals surface area contributed by atoms with Gasteiger partial charge in [0.25, 0.3) is 5.91 Å². The van der Waals surface area contributed by atoms with E-state index in [-0.39, 0.29) is 12.5 Å². The lowest BCUT2D eigenvalue weighted by molar-refractivity contribution is -0.148. The van der Waals surface area contributed by atoms with Gasteiger partial charge in [0, 0.05) is 19.2 Å². The lowest BCUT2D eigenvalue weighted by Gasteiger charge is -2.28. The molecule has 0 unspecified atom stereocenters. The van der Waals surface area contributed by atoms with Gasteiger partial charge in [-0.15, -0.1) is 0 Å². The minimum absolute atomic E-state index is 0.161. The maximum absolute atomic E-state index is 12.2. The fourth-order valence-corrected chi connectivity index (χ4v) is 2.71. The van der Waals surface area contributed by atoms with Crippen molar-refractivity contribution in [3.63, 3.8) is 0 Å². The highest BCUT2D eigenvalue weighted by Crippen LogP contribution is 2.18. The van der Waals surface area contributed by atoms with E-state index in [4.69, 9.17) is 4.74 Å². The molecule has 0 spiro atoms. The number of amides is 1. The molecule has 0 bridgehead atoms. The third-order valence-electron chi connectivity index (χ3n) is 4.03. The molecule has 0 saturated carbocycles. The third kappa shape index (κ3) is 4.10.